The molecule has 7 rings (SSSR count). The Balaban J connectivity index is 1.07. The predicted octanol–water partition coefficient (Wildman–Crippen LogP) is 5.77. The molecule has 3 amide bonds. The molecule has 0 spiro atoms. The summed E-state index contributed by atoms with van der Waals surface area (Å²) in [6.45, 7) is 3.29. The fourth-order valence-corrected chi connectivity index (χ4v) is 8.01. The smallest absolute Gasteiger partial charge is 0.257 e. The van der Waals surface area contributed by atoms with E-state index < -0.39 is 5.82 Å². The van der Waals surface area contributed by atoms with Crippen LogP contribution in [0, 0.1) is 5.82 Å². The highest BCUT2D eigenvalue weighted by atomic mass is 35.5. The lowest BCUT2D eigenvalue weighted by Gasteiger charge is -2.29. The monoisotopic (exact) mass is 758 g/mol. The molecule has 4 N–H and O–H groups in total. The normalized spacial score (nSPS) is 18.3. The molecular weight excluding hydrogens is 718 g/mol. The number of amides is 3. The zero-order valence-corrected chi connectivity index (χ0v) is 30.9. The molecule has 4 aromatic rings. The van der Waals surface area contributed by atoms with Crippen LogP contribution in [0.15, 0.2) is 60.7 Å². The van der Waals surface area contributed by atoms with Crippen molar-refractivity contribution in [3.63, 3.8) is 0 Å². The van der Waals surface area contributed by atoms with Crippen molar-refractivity contribution < 1.29 is 23.5 Å². The van der Waals surface area contributed by atoms with Crippen LogP contribution in [0.1, 0.15) is 47.2 Å². The van der Waals surface area contributed by atoms with E-state index in [1.807, 2.05) is 54.6 Å². The van der Waals surface area contributed by atoms with Gasteiger partial charge in [0.2, 0.25) is 17.7 Å². The lowest BCUT2D eigenvalue weighted by Crippen LogP contribution is -2.44. The second kappa shape index (κ2) is 16.2. The number of hydrogen-bond donors (Lipinski definition) is 4. The Hall–Kier alpha value is -4.55. The fraction of sp³-hybridized carbons (Fsp3) is 0.350. The standard InChI is InChI=1S/C40H41Cl2FN6O4/c1-53-39-24(20-45-22-27-10-13-35(51)47-27)8-11-33(48-39)31-7-3-6-30(38(31)42)29-5-2-4-28(37(29)41)25-18-23-14-16-49(40(52)36(23)32(43)19-25)17-15-44-21-26-9-12-34(50)46-26/h2-8,11,18-19,26-27,44-45H,9-10,12-17,20-22H2,1H3,(H,46,50)(H,47,51)/t26-,27+/m1/s1. The van der Waals surface area contributed by atoms with E-state index in [-0.39, 0.29) is 35.4 Å². The van der Waals surface area contributed by atoms with E-state index in [0.717, 1.165) is 18.4 Å². The van der Waals surface area contributed by atoms with E-state index in [4.69, 9.17) is 32.9 Å². The van der Waals surface area contributed by atoms with Gasteiger partial charge in [-0.3, -0.25) is 14.4 Å². The maximum Gasteiger partial charge on any atom is 0.257 e. The van der Waals surface area contributed by atoms with Gasteiger partial charge in [-0.1, -0.05) is 71.7 Å². The Bertz CT molecular complexity index is 2060. The zero-order chi connectivity index (χ0) is 37.1. The first-order chi connectivity index (χ1) is 25.7. The molecule has 0 saturated carbocycles. The Morgan fingerprint density at radius 2 is 1.49 bits per heavy atom. The third-order valence-electron chi connectivity index (χ3n) is 10.2. The van der Waals surface area contributed by atoms with Gasteiger partial charge in [-0.15, -0.1) is 0 Å². The number of benzene rings is 3. The van der Waals surface area contributed by atoms with Crippen LogP contribution in [0.3, 0.4) is 0 Å². The maximum absolute atomic E-state index is 15.8. The van der Waals surface area contributed by atoms with Crippen LogP contribution in [0.25, 0.3) is 33.5 Å². The SMILES string of the molecule is COc1nc(-c2cccc(-c3cccc(-c4cc(F)c5c(c4)CCN(CCNC[C@H]4CCC(=O)N4)C5=O)c3Cl)c2Cl)ccc1CNC[C@@H]1CCC(=O)N1. The summed E-state index contributed by atoms with van der Waals surface area (Å²) in [5, 5.41) is 13.4. The van der Waals surface area contributed by atoms with Crippen LogP contribution in [-0.4, -0.2) is 79.5 Å². The molecule has 0 bridgehead atoms. The number of carbonyl (C=O) groups excluding carboxylic acids is 3. The molecule has 3 aliphatic rings. The van der Waals surface area contributed by atoms with E-state index >= 15 is 4.39 Å². The lowest BCUT2D eigenvalue weighted by atomic mass is 9.92. The minimum absolute atomic E-state index is 0.0654. The molecule has 2 fully saturated rings. The number of methoxy groups -OCH3 is 1. The van der Waals surface area contributed by atoms with Gasteiger partial charge in [0, 0.05) is 92.0 Å². The minimum atomic E-state index is -0.584. The largest absolute Gasteiger partial charge is 0.481 e. The third-order valence-corrected chi connectivity index (χ3v) is 11.0. The van der Waals surface area contributed by atoms with Gasteiger partial charge in [-0.2, -0.15) is 0 Å². The molecule has 4 heterocycles. The second-order valence-corrected chi connectivity index (χ2v) is 14.4. The van der Waals surface area contributed by atoms with Gasteiger partial charge in [0.25, 0.3) is 5.91 Å². The molecule has 2 atom stereocenters. The van der Waals surface area contributed by atoms with Gasteiger partial charge in [0.15, 0.2) is 0 Å². The average molecular weight is 760 g/mol. The molecule has 3 aromatic carbocycles. The summed E-state index contributed by atoms with van der Waals surface area (Å²) in [7, 11) is 1.57. The van der Waals surface area contributed by atoms with Crippen molar-refractivity contribution in [3.8, 4) is 39.4 Å². The molecular formula is C40H41Cl2FN6O4. The predicted molar refractivity (Wildman–Crippen MR) is 204 cm³/mol. The van der Waals surface area contributed by atoms with E-state index in [2.05, 4.69) is 21.3 Å². The number of aromatic nitrogens is 1. The Morgan fingerprint density at radius 1 is 0.849 bits per heavy atom. The van der Waals surface area contributed by atoms with Crippen molar-refractivity contribution in [3.05, 3.63) is 93.2 Å². The summed E-state index contributed by atoms with van der Waals surface area (Å²) >= 11 is 14.2. The Labute approximate surface area is 317 Å². The van der Waals surface area contributed by atoms with Crippen LogP contribution in [0.5, 0.6) is 5.88 Å². The first-order valence-electron chi connectivity index (χ1n) is 17.9. The number of pyridine rings is 1. The van der Waals surface area contributed by atoms with E-state index in [1.54, 1.807) is 12.0 Å². The zero-order valence-electron chi connectivity index (χ0n) is 29.4. The first-order valence-corrected chi connectivity index (χ1v) is 18.7. The third kappa shape index (κ3) is 8.03. The highest BCUT2D eigenvalue weighted by molar-refractivity contribution is 6.39. The number of fused-ring (bicyclic) bond motifs is 1. The molecule has 13 heteroatoms. The van der Waals surface area contributed by atoms with Crippen LogP contribution in [0.2, 0.25) is 10.0 Å². The van der Waals surface area contributed by atoms with Crippen molar-refractivity contribution in [1.82, 2.24) is 31.2 Å². The van der Waals surface area contributed by atoms with Gasteiger partial charge < -0.3 is 30.9 Å². The van der Waals surface area contributed by atoms with Crippen LogP contribution in [0.4, 0.5) is 4.39 Å². The molecule has 0 aliphatic carbocycles. The molecule has 276 valence electrons. The van der Waals surface area contributed by atoms with Gasteiger partial charge >= 0.3 is 0 Å². The van der Waals surface area contributed by atoms with Gasteiger partial charge in [-0.05, 0) is 42.5 Å². The van der Waals surface area contributed by atoms with Gasteiger partial charge in [0.05, 0.1) is 28.4 Å². The Morgan fingerprint density at radius 3 is 2.15 bits per heavy atom. The number of hydrogen-bond acceptors (Lipinski definition) is 7. The fourth-order valence-electron chi connectivity index (χ4n) is 7.35. The molecule has 3 aliphatic heterocycles. The van der Waals surface area contributed by atoms with Gasteiger partial charge in [-0.25, -0.2) is 9.37 Å². The molecule has 2 saturated heterocycles. The summed E-state index contributed by atoms with van der Waals surface area (Å²) in [5.41, 5.74) is 5.50. The second-order valence-electron chi connectivity index (χ2n) is 13.7. The molecule has 10 nitrogen and oxygen atoms in total. The van der Waals surface area contributed by atoms with Crippen LogP contribution in [-0.2, 0) is 22.6 Å². The lowest BCUT2D eigenvalue weighted by molar-refractivity contribution is -0.120. The molecule has 53 heavy (non-hydrogen) atoms. The van der Waals surface area contributed by atoms with Crippen molar-refractivity contribution in [2.45, 2.75) is 50.7 Å². The van der Waals surface area contributed by atoms with Crippen molar-refractivity contribution in [1.29, 1.82) is 0 Å². The number of carbonyl (C=O) groups is 3. The van der Waals surface area contributed by atoms with Crippen LogP contribution < -0.4 is 26.0 Å². The quantitative estimate of drug-likeness (QED) is 0.128. The highest BCUT2D eigenvalue weighted by Gasteiger charge is 2.29. The van der Waals surface area contributed by atoms with E-state index in [0.29, 0.717) is 114 Å². The van der Waals surface area contributed by atoms with E-state index in [9.17, 15) is 14.4 Å². The summed E-state index contributed by atoms with van der Waals surface area (Å²) in [6.07, 6.45) is 3.22. The summed E-state index contributed by atoms with van der Waals surface area (Å²) in [5.74, 6) is -0.298. The highest BCUT2D eigenvalue weighted by Crippen LogP contribution is 2.43. The topological polar surface area (TPSA) is 125 Å². The molecule has 1 aromatic heterocycles. The van der Waals surface area contributed by atoms with Crippen molar-refractivity contribution in [2.75, 3.05) is 39.8 Å². The minimum Gasteiger partial charge on any atom is -0.481 e. The van der Waals surface area contributed by atoms with Crippen LogP contribution >= 0.6 is 23.2 Å². The number of rotatable bonds is 13. The van der Waals surface area contributed by atoms with Gasteiger partial charge in [0.1, 0.15) is 5.82 Å². The Kier molecular flexibility index (Phi) is 11.3. The number of halogens is 3. The first kappa shape index (κ1) is 36.8. The summed E-state index contributed by atoms with van der Waals surface area (Å²) in [6, 6.07) is 18.5. The molecule has 0 unspecified atom stereocenters. The van der Waals surface area contributed by atoms with Crippen molar-refractivity contribution >= 4 is 40.9 Å². The van der Waals surface area contributed by atoms with E-state index in [1.165, 1.54) is 6.07 Å². The number of nitrogens with one attached hydrogen (secondary N) is 4. The average Bonchev–Trinajstić information content (AvgIpc) is 3.77. The van der Waals surface area contributed by atoms with Crippen molar-refractivity contribution in [2.24, 2.45) is 0 Å². The maximum atomic E-state index is 15.8. The number of ether oxygens (including phenoxy) is 1. The number of nitrogens with zero attached hydrogens (tertiary/aromatic N) is 2. The summed E-state index contributed by atoms with van der Waals surface area (Å²) < 4.78 is 21.4. The summed E-state index contributed by atoms with van der Waals surface area (Å²) in [4.78, 5) is 42.8. The molecule has 0 radical (unpaired) electrons.